The number of carboxylic acid groups (broad SMARTS) is 1. The number of hydrogen-bond acceptors (Lipinski definition) is 3. The van der Waals surface area contributed by atoms with Crippen molar-refractivity contribution < 1.29 is 23.8 Å². The lowest BCUT2D eigenvalue weighted by molar-refractivity contribution is -0.147. The van der Waals surface area contributed by atoms with Gasteiger partial charge in [-0.15, -0.1) is 0 Å². The van der Waals surface area contributed by atoms with Crippen LogP contribution in [0.25, 0.3) is 0 Å². The molecule has 0 amide bonds. The van der Waals surface area contributed by atoms with Crippen molar-refractivity contribution in [1.29, 1.82) is 0 Å². The minimum absolute atomic E-state index is 0.127. The zero-order valence-electron chi connectivity index (χ0n) is 10.7. The van der Waals surface area contributed by atoms with Crippen LogP contribution in [0.3, 0.4) is 0 Å². The fraction of sp³-hybridized carbons (Fsp3) is 0.500. The predicted molar refractivity (Wildman–Crippen MR) is 72.9 cm³/mol. The second-order valence-corrected chi connectivity index (χ2v) is 6.02. The molecule has 0 atom stereocenters. The van der Waals surface area contributed by atoms with E-state index in [1.807, 2.05) is 0 Å². The van der Waals surface area contributed by atoms with Crippen molar-refractivity contribution in [3.05, 3.63) is 21.9 Å². The van der Waals surface area contributed by atoms with Crippen LogP contribution < -0.4 is 9.47 Å². The maximum Gasteiger partial charge on any atom is 0.314 e. The topological polar surface area (TPSA) is 55.8 Å². The molecular weight excluding hydrogens is 331 g/mol. The summed E-state index contributed by atoms with van der Waals surface area (Å²) in [4.78, 5) is 11.7. The van der Waals surface area contributed by atoms with Crippen LogP contribution in [0.4, 0.5) is 4.39 Å². The van der Waals surface area contributed by atoms with Crippen LogP contribution in [0.15, 0.2) is 10.5 Å². The molecule has 0 spiro atoms. The van der Waals surface area contributed by atoms with Gasteiger partial charge in [0.15, 0.2) is 11.5 Å². The Hall–Kier alpha value is -1.30. The first-order chi connectivity index (χ1) is 9.56. The summed E-state index contributed by atoms with van der Waals surface area (Å²) in [6.45, 7) is 0.876. The molecule has 1 aromatic carbocycles. The number of carboxylic acids is 1. The summed E-state index contributed by atoms with van der Waals surface area (Å²) < 4.78 is 25.9. The molecule has 1 aromatic rings. The summed E-state index contributed by atoms with van der Waals surface area (Å²) in [5.74, 6) is -0.893. The van der Waals surface area contributed by atoms with Crippen LogP contribution >= 0.6 is 15.9 Å². The first-order valence-corrected chi connectivity index (χ1v) is 7.37. The van der Waals surface area contributed by atoms with Gasteiger partial charge >= 0.3 is 5.97 Å². The average Bonchev–Trinajstić information content (AvgIpc) is 2.57. The van der Waals surface area contributed by atoms with Crippen molar-refractivity contribution in [2.24, 2.45) is 0 Å². The quantitative estimate of drug-likeness (QED) is 0.894. The number of carbonyl (C=O) groups is 1. The highest BCUT2D eigenvalue weighted by molar-refractivity contribution is 9.10. The summed E-state index contributed by atoms with van der Waals surface area (Å²) in [5, 5.41) is 9.55. The maximum atomic E-state index is 14.6. The van der Waals surface area contributed by atoms with E-state index in [2.05, 4.69) is 15.9 Å². The summed E-state index contributed by atoms with van der Waals surface area (Å²) in [6.07, 6.45) is 2.30. The summed E-state index contributed by atoms with van der Waals surface area (Å²) >= 11 is 3.14. The van der Waals surface area contributed by atoms with E-state index in [0.717, 1.165) is 6.42 Å². The van der Waals surface area contributed by atoms with E-state index in [9.17, 15) is 14.3 Å². The number of aliphatic carboxylic acids is 1. The summed E-state index contributed by atoms with van der Waals surface area (Å²) in [7, 11) is 0. The van der Waals surface area contributed by atoms with Gasteiger partial charge in [0.1, 0.15) is 5.82 Å². The molecule has 1 aliphatic heterocycles. The lowest BCUT2D eigenvalue weighted by Crippen LogP contribution is -2.43. The van der Waals surface area contributed by atoms with Crippen molar-refractivity contribution in [1.82, 2.24) is 0 Å². The van der Waals surface area contributed by atoms with Crippen molar-refractivity contribution in [3.8, 4) is 11.5 Å². The van der Waals surface area contributed by atoms with Gasteiger partial charge in [0.25, 0.3) is 0 Å². The number of hydrogen-bond donors (Lipinski definition) is 1. The Morgan fingerprint density at radius 1 is 1.30 bits per heavy atom. The standard InChI is InChI=1S/C14H14BrFO4/c15-8-7-9-12(20-6-2-5-19-9)10(11(8)16)14(13(17)18)3-1-4-14/h7H,1-6H2,(H,17,18). The molecule has 4 nitrogen and oxygen atoms in total. The van der Waals surface area contributed by atoms with Gasteiger partial charge in [-0.1, -0.05) is 6.42 Å². The fourth-order valence-electron chi connectivity index (χ4n) is 2.78. The Bertz CT molecular complexity index is 569. The zero-order valence-corrected chi connectivity index (χ0v) is 12.3. The van der Waals surface area contributed by atoms with E-state index in [4.69, 9.17) is 9.47 Å². The van der Waals surface area contributed by atoms with E-state index in [1.165, 1.54) is 6.07 Å². The minimum atomic E-state index is -1.19. The number of benzene rings is 1. The third-order valence-corrected chi connectivity index (χ3v) is 4.60. The SMILES string of the molecule is O=C(O)C1(c2c(F)c(Br)cc3c2OCCCO3)CCC1. The van der Waals surface area contributed by atoms with Gasteiger partial charge < -0.3 is 14.6 Å². The van der Waals surface area contributed by atoms with Gasteiger partial charge in [-0.05, 0) is 28.8 Å². The Morgan fingerprint density at radius 2 is 2.00 bits per heavy atom. The predicted octanol–water partition coefficient (Wildman–Crippen LogP) is 3.26. The molecule has 0 unspecified atom stereocenters. The van der Waals surface area contributed by atoms with Crippen LogP contribution in [0.2, 0.25) is 0 Å². The first kappa shape index (κ1) is 13.7. The Morgan fingerprint density at radius 3 is 2.60 bits per heavy atom. The average molecular weight is 345 g/mol. The molecule has 2 aliphatic rings. The van der Waals surface area contributed by atoms with Gasteiger partial charge in [0, 0.05) is 12.5 Å². The molecule has 1 aliphatic carbocycles. The van der Waals surface area contributed by atoms with Crippen LogP contribution in [0.1, 0.15) is 31.2 Å². The van der Waals surface area contributed by atoms with Crippen molar-refractivity contribution in [2.45, 2.75) is 31.1 Å². The van der Waals surface area contributed by atoms with Crippen LogP contribution in [0.5, 0.6) is 11.5 Å². The van der Waals surface area contributed by atoms with E-state index < -0.39 is 17.2 Å². The summed E-state index contributed by atoms with van der Waals surface area (Å²) in [5.41, 5.74) is -1.06. The van der Waals surface area contributed by atoms with Gasteiger partial charge in [-0.2, -0.15) is 0 Å². The van der Waals surface area contributed by atoms with E-state index in [1.54, 1.807) is 0 Å². The van der Waals surface area contributed by atoms with Crippen molar-refractivity contribution in [3.63, 3.8) is 0 Å². The lowest BCUT2D eigenvalue weighted by Gasteiger charge is -2.39. The highest BCUT2D eigenvalue weighted by atomic mass is 79.9. The molecule has 0 saturated heterocycles. The fourth-order valence-corrected chi connectivity index (χ4v) is 3.19. The monoisotopic (exact) mass is 344 g/mol. The molecule has 1 N–H and O–H groups in total. The van der Waals surface area contributed by atoms with Crippen molar-refractivity contribution in [2.75, 3.05) is 13.2 Å². The third-order valence-electron chi connectivity index (χ3n) is 4.03. The first-order valence-electron chi connectivity index (χ1n) is 6.58. The maximum absolute atomic E-state index is 14.6. The Kier molecular flexibility index (Phi) is 3.36. The van der Waals surface area contributed by atoms with Crippen LogP contribution in [-0.4, -0.2) is 24.3 Å². The molecule has 20 heavy (non-hydrogen) atoms. The molecular formula is C14H14BrFO4. The summed E-state index contributed by atoms with van der Waals surface area (Å²) in [6, 6.07) is 1.51. The second kappa shape index (κ2) is 4.91. The number of halogens is 2. The normalized spacial score (nSPS) is 19.9. The van der Waals surface area contributed by atoms with Gasteiger partial charge in [0.2, 0.25) is 0 Å². The molecule has 6 heteroatoms. The molecule has 1 saturated carbocycles. The Labute approximate surface area is 124 Å². The largest absolute Gasteiger partial charge is 0.490 e. The zero-order chi connectivity index (χ0) is 14.3. The van der Waals surface area contributed by atoms with Crippen molar-refractivity contribution >= 4 is 21.9 Å². The van der Waals surface area contributed by atoms with E-state index >= 15 is 0 Å². The molecule has 1 heterocycles. The molecule has 108 valence electrons. The molecule has 1 fully saturated rings. The highest BCUT2D eigenvalue weighted by Gasteiger charge is 2.50. The number of fused-ring (bicyclic) bond motifs is 1. The molecule has 0 bridgehead atoms. The lowest BCUT2D eigenvalue weighted by atomic mass is 9.64. The minimum Gasteiger partial charge on any atom is -0.490 e. The van der Waals surface area contributed by atoms with Gasteiger partial charge in [-0.3, -0.25) is 4.79 Å². The number of rotatable bonds is 2. The van der Waals surface area contributed by atoms with E-state index in [0.29, 0.717) is 38.2 Å². The smallest absolute Gasteiger partial charge is 0.314 e. The molecule has 3 rings (SSSR count). The third kappa shape index (κ3) is 1.89. The van der Waals surface area contributed by atoms with Gasteiger partial charge in [-0.25, -0.2) is 4.39 Å². The van der Waals surface area contributed by atoms with Crippen LogP contribution in [0, 0.1) is 5.82 Å². The van der Waals surface area contributed by atoms with E-state index in [-0.39, 0.29) is 15.8 Å². The Balaban J connectivity index is 2.23. The second-order valence-electron chi connectivity index (χ2n) is 5.17. The van der Waals surface area contributed by atoms with Gasteiger partial charge in [0.05, 0.1) is 28.7 Å². The van der Waals surface area contributed by atoms with Crippen LogP contribution in [-0.2, 0) is 10.2 Å². The number of ether oxygens (including phenoxy) is 2. The molecule has 0 aromatic heterocycles. The highest BCUT2D eigenvalue weighted by Crippen LogP contribution is 2.52. The molecule has 0 radical (unpaired) electrons.